The van der Waals surface area contributed by atoms with E-state index < -0.39 is 23.4 Å². The number of carbonyl (C=O) groups is 3. The molecular weight excluding hydrogens is 472 g/mol. The van der Waals surface area contributed by atoms with Crippen LogP contribution in [0.2, 0.25) is 0 Å². The highest BCUT2D eigenvalue weighted by molar-refractivity contribution is 6.24. The molecular formula is C27H22N6O4. The SMILES string of the molecule is N#Cc1ccc(N2Cc3ccc(Oc4ccc(N5CCCC56C(=O)NC(=O)NC6=O)cn4)cc3C2)cc1. The molecule has 0 aliphatic carbocycles. The molecule has 0 unspecified atom stereocenters. The summed E-state index contributed by atoms with van der Waals surface area (Å²) in [7, 11) is 0. The molecule has 0 bridgehead atoms. The van der Waals surface area contributed by atoms with E-state index in [0.29, 0.717) is 42.3 Å². The molecule has 10 heteroatoms. The Hall–Kier alpha value is -4.91. The molecule has 4 heterocycles. The Bertz CT molecular complexity index is 1440. The zero-order valence-corrected chi connectivity index (χ0v) is 19.7. The normalized spacial score (nSPS) is 17.9. The first-order chi connectivity index (χ1) is 18.0. The van der Waals surface area contributed by atoms with Gasteiger partial charge in [0, 0.05) is 31.4 Å². The van der Waals surface area contributed by atoms with Crippen LogP contribution in [0.5, 0.6) is 11.6 Å². The van der Waals surface area contributed by atoms with E-state index in [9.17, 15) is 14.4 Å². The van der Waals surface area contributed by atoms with Gasteiger partial charge in [0.2, 0.25) is 5.88 Å². The number of amides is 4. The number of ether oxygens (including phenoxy) is 1. The summed E-state index contributed by atoms with van der Waals surface area (Å²) in [6.07, 6.45) is 2.51. The summed E-state index contributed by atoms with van der Waals surface area (Å²) in [5, 5.41) is 13.4. The van der Waals surface area contributed by atoms with Gasteiger partial charge in [-0.05, 0) is 66.4 Å². The first kappa shape index (κ1) is 22.5. The van der Waals surface area contributed by atoms with Crippen molar-refractivity contribution in [2.24, 2.45) is 0 Å². The Morgan fingerprint density at radius 1 is 0.919 bits per heavy atom. The number of fused-ring (bicyclic) bond motifs is 1. The fourth-order valence-corrected chi connectivity index (χ4v) is 5.26. The fraction of sp³-hybridized carbons (Fsp3) is 0.222. The number of nitriles is 1. The smallest absolute Gasteiger partial charge is 0.328 e. The van der Waals surface area contributed by atoms with Crippen LogP contribution in [0.15, 0.2) is 60.8 Å². The van der Waals surface area contributed by atoms with Gasteiger partial charge in [0.1, 0.15) is 5.75 Å². The van der Waals surface area contributed by atoms with E-state index in [1.54, 1.807) is 23.2 Å². The van der Waals surface area contributed by atoms with Crippen molar-refractivity contribution in [2.45, 2.75) is 31.5 Å². The van der Waals surface area contributed by atoms with Crippen LogP contribution >= 0.6 is 0 Å². The maximum Gasteiger partial charge on any atom is 0.328 e. The molecule has 37 heavy (non-hydrogen) atoms. The van der Waals surface area contributed by atoms with E-state index in [1.807, 2.05) is 42.5 Å². The molecule has 2 saturated heterocycles. The number of benzene rings is 2. The van der Waals surface area contributed by atoms with E-state index in [1.165, 1.54) is 5.56 Å². The van der Waals surface area contributed by atoms with Crippen LogP contribution in [-0.2, 0) is 22.7 Å². The second-order valence-electron chi connectivity index (χ2n) is 9.25. The standard InChI is InChI=1S/C27H22N6O4/c28-13-17-2-5-20(6-3-17)32-15-18-4-8-22(12-19(18)16-32)37-23-9-7-21(14-29-23)33-11-1-10-27(33)24(34)30-26(36)31-25(27)35/h2-9,12,14H,1,10-11,15-16H2,(H2,30,31,34,35,36). The van der Waals surface area contributed by atoms with Crippen LogP contribution in [0.1, 0.15) is 29.5 Å². The van der Waals surface area contributed by atoms with E-state index in [2.05, 4.69) is 26.6 Å². The average molecular weight is 495 g/mol. The van der Waals surface area contributed by atoms with Gasteiger partial charge in [-0.3, -0.25) is 20.2 Å². The second-order valence-corrected chi connectivity index (χ2v) is 9.25. The van der Waals surface area contributed by atoms with Gasteiger partial charge >= 0.3 is 6.03 Å². The van der Waals surface area contributed by atoms with Crippen LogP contribution in [0.3, 0.4) is 0 Å². The number of pyridine rings is 1. The number of hydrogen-bond donors (Lipinski definition) is 2. The highest BCUT2D eigenvalue weighted by Crippen LogP contribution is 2.37. The lowest BCUT2D eigenvalue weighted by molar-refractivity contribution is -0.137. The number of urea groups is 1. The molecule has 3 aliphatic rings. The van der Waals surface area contributed by atoms with Crippen molar-refractivity contribution in [3.8, 4) is 17.7 Å². The van der Waals surface area contributed by atoms with E-state index in [4.69, 9.17) is 10.00 Å². The minimum atomic E-state index is -1.46. The number of carbonyl (C=O) groups excluding carboxylic acids is 3. The van der Waals surface area contributed by atoms with Crippen molar-refractivity contribution >= 4 is 29.2 Å². The number of nitrogens with one attached hydrogen (secondary N) is 2. The van der Waals surface area contributed by atoms with Crippen LogP contribution < -0.4 is 25.2 Å². The Balaban J connectivity index is 1.16. The zero-order chi connectivity index (χ0) is 25.6. The van der Waals surface area contributed by atoms with Crippen molar-refractivity contribution in [3.05, 3.63) is 77.5 Å². The number of hydrogen-bond acceptors (Lipinski definition) is 8. The molecule has 0 saturated carbocycles. The number of anilines is 2. The van der Waals surface area contributed by atoms with Gasteiger partial charge in [0.05, 0.1) is 23.5 Å². The van der Waals surface area contributed by atoms with Gasteiger partial charge in [-0.25, -0.2) is 9.78 Å². The predicted octanol–water partition coefficient (Wildman–Crippen LogP) is 2.97. The van der Waals surface area contributed by atoms with Crippen LogP contribution in [0.25, 0.3) is 0 Å². The summed E-state index contributed by atoms with van der Waals surface area (Å²) < 4.78 is 6.00. The van der Waals surface area contributed by atoms with Gasteiger partial charge in [-0.15, -0.1) is 0 Å². The highest BCUT2D eigenvalue weighted by atomic mass is 16.5. The van der Waals surface area contributed by atoms with Gasteiger partial charge in [-0.2, -0.15) is 5.26 Å². The third-order valence-corrected chi connectivity index (χ3v) is 7.10. The second kappa shape index (κ2) is 8.64. The Labute approximate surface area is 212 Å². The van der Waals surface area contributed by atoms with Crippen LogP contribution in [0.4, 0.5) is 16.2 Å². The first-order valence-electron chi connectivity index (χ1n) is 11.9. The summed E-state index contributed by atoms with van der Waals surface area (Å²) in [5.41, 5.74) is 3.19. The minimum Gasteiger partial charge on any atom is -0.439 e. The van der Waals surface area contributed by atoms with Gasteiger partial charge in [-0.1, -0.05) is 6.07 Å². The maximum atomic E-state index is 12.7. The van der Waals surface area contributed by atoms with E-state index in [0.717, 1.165) is 24.3 Å². The van der Waals surface area contributed by atoms with E-state index in [-0.39, 0.29) is 0 Å². The maximum absolute atomic E-state index is 12.7. The molecule has 2 N–H and O–H groups in total. The summed E-state index contributed by atoms with van der Waals surface area (Å²) in [5.74, 6) is -0.200. The fourth-order valence-electron chi connectivity index (χ4n) is 5.26. The number of aromatic nitrogens is 1. The van der Waals surface area contributed by atoms with Gasteiger partial charge in [0.15, 0.2) is 5.54 Å². The summed E-state index contributed by atoms with van der Waals surface area (Å²) >= 11 is 0. The zero-order valence-electron chi connectivity index (χ0n) is 19.7. The number of nitrogens with zero attached hydrogens (tertiary/aromatic N) is 4. The molecule has 2 fully saturated rings. The van der Waals surface area contributed by atoms with Crippen molar-refractivity contribution in [3.63, 3.8) is 0 Å². The van der Waals surface area contributed by atoms with Crippen molar-refractivity contribution < 1.29 is 19.1 Å². The molecule has 6 rings (SSSR count). The Kier molecular flexibility index (Phi) is 5.26. The highest BCUT2D eigenvalue weighted by Gasteiger charge is 2.57. The van der Waals surface area contributed by atoms with Crippen molar-refractivity contribution in [2.75, 3.05) is 16.3 Å². The average Bonchev–Trinajstić information content (AvgIpc) is 3.53. The molecule has 184 valence electrons. The third kappa shape index (κ3) is 3.81. The van der Waals surface area contributed by atoms with Crippen LogP contribution in [0, 0.1) is 11.3 Å². The Morgan fingerprint density at radius 2 is 1.65 bits per heavy atom. The topological polar surface area (TPSA) is 128 Å². The van der Waals surface area contributed by atoms with Gasteiger partial charge < -0.3 is 14.5 Å². The van der Waals surface area contributed by atoms with Crippen molar-refractivity contribution in [1.29, 1.82) is 5.26 Å². The van der Waals surface area contributed by atoms with Crippen molar-refractivity contribution in [1.82, 2.24) is 15.6 Å². The number of rotatable bonds is 4. The molecule has 3 aromatic rings. The lowest BCUT2D eigenvalue weighted by Gasteiger charge is -2.38. The summed E-state index contributed by atoms with van der Waals surface area (Å²) in [4.78, 5) is 45.2. The summed E-state index contributed by atoms with van der Waals surface area (Å²) in [6.45, 7) is 1.99. The molecule has 1 spiro atoms. The molecule has 10 nitrogen and oxygen atoms in total. The first-order valence-corrected chi connectivity index (χ1v) is 11.9. The quantitative estimate of drug-likeness (QED) is 0.530. The molecule has 4 amide bonds. The van der Waals surface area contributed by atoms with Gasteiger partial charge in [0.25, 0.3) is 11.8 Å². The molecule has 0 atom stereocenters. The molecule has 1 aromatic heterocycles. The molecule has 0 radical (unpaired) electrons. The number of imide groups is 2. The lowest BCUT2D eigenvalue weighted by Crippen LogP contribution is -2.71. The van der Waals surface area contributed by atoms with Crippen LogP contribution in [-0.4, -0.2) is 34.9 Å². The molecule has 2 aromatic carbocycles. The lowest BCUT2D eigenvalue weighted by atomic mass is 9.92. The third-order valence-electron chi connectivity index (χ3n) is 7.10. The minimum absolute atomic E-state index is 0.310. The molecule has 3 aliphatic heterocycles. The monoisotopic (exact) mass is 494 g/mol. The predicted molar refractivity (Wildman–Crippen MR) is 133 cm³/mol. The number of barbiturate groups is 1. The Morgan fingerprint density at radius 3 is 2.35 bits per heavy atom. The van der Waals surface area contributed by atoms with E-state index >= 15 is 0 Å². The summed E-state index contributed by atoms with van der Waals surface area (Å²) in [6, 6.07) is 18.3. The largest absolute Gasteiger partial charge is 0.439 e.